The summed E-state index contributed by atoms with van der Waals surface area (Å²) in [6.07, 6.45) is 2.45. The van der Waals surface area contributed by atoms with Gasteiger partial charge in [-0.25, -0.2) is 0 Å². The SMILES string of the molecule is Cc1ccc(C(=Cc2ccc3c4c(C(C)C)c5c(c(C(C)C)c4n4c6ccccc6c2c34)c2ccc(N(c3ccc(C)cc3)c3ccc(C)cc3)c3c4ccccc4n5c23)c2ccc(C)cc2)cc1. The highest BCUT2D eigenvalue weighted by molar-refractivity contribution is 6.34. The molecule has 13 aromatic rings. The fourth-order valence-electron chi connectivity index (χ4n) is 12.0. The molecule has 69 heavy (non-hydrogen) atoms. The minimum Gasteiger partial charge on any atom is -0.310 e. The third-order valence-electron chi connectivity index (χ3n) is 15.2. The van der Waals surface area contributed by atoms with E-state index < -0.39 is 0 Å². The molecular weight excluding hydrogens is 835 g/mol. The number of anilines is 3. The number of fused-ring (bicyclic) bond motifs is 12. The third kappa shape index (κ3) is 5.99. The first-order valence-corrected chi connectivity index (χ1v) is 24.7. The van der Waals surface area contributed by atoms with Crippen molar-refractivity contribution in [2.24, 2.45) is 0 Å². The van der Waals surface area contributed by atoms with Crippen LogP contribution in [0.1, 0.15) is 89.6 Å². The predicted molar refractivity (Wildman–Crippen MR) is 297 cm³/mol. The Bertz CT molecular complexity index is 4080. The first kappa shape index (κ1) is 41.3. The number of hydrogen-bond acceptors (Lipinski definition) is 1. The molecule has 0 aliphatic carbocycles. The summed E-state index contributed by atoms with van der Waals surface area (Å²) in [5.74, 6) is 0.464. The lowest BCUT2D eigenvalue weighted by atomic mass is 9.86. The normalized spacial score (nSPS) is 12.3. The van der Waals surface area contributed by atoms with Crippen LogP contribution in [0.4, 0.5) is 17.1 Å². The van der Waals surface area contributed by atoms with Crippen LogP contribution in [0.3, 0.4) is 0 Å². The zero-order valence-electron chi connectivity index (χ0n) is 40.7. The number of aryl methyl sites for hydroxylation is 4. The van der Waals surface area contributed by atoms with Gasteiger partial charge in [0.2, 0.25) is 0 Å². The van der Waals surface area contributed by atoms with Crippen molar-refractivity contribution >= 4 is 105 Å². The smallest absolute Gasteiger partial charge is 0.0641 e. The Morgan fingerprint density at radius 2 is 0.797 bits per heavy atom. The van der Waals surface area contributed by atoms with Crippen LogP contribution in [0.5, 0.6) is 0 Å². The molecule has 0 aliphatic heterocycles. The van der Waals surface area contributed by atoms with Gasteiger partial charge in [-0.05, 0) is 121 Å². The Morgan fingerprint density at radius 3 is 1.26 bits per heavy atom. The molecule has 9 aromatic carbocycles. The number of nitrogens with zero attached hydrogens (tertiary/aromatic N) is 3. The molecule has 4 heterocycles. The molecule has 4 aromatic heterocycles. The molecule has 3 heteroatoms. The van der Waals surface area contributed by atoms with Crippen LogP contribution in [-0.4, -0.2) is 8.80 Å². The van der Waals surface area contributed by atoms with Crippen molar-refractivity contribution in [3.8, 4) is 0 Å². The highest BCUT2D eigenvalue weighted by atomic mass is 15.1. The Labute approximate surface area is 403 Å². The maximum Gasteiger partial charge on any atom is 0.0641 e. The van der Waals surface area contributed by atoms with Gasteiger partial charge in [0.25, 0.3) is 0 Å². The second-order valence-electron chi connectivity index (χ2n) is 20.4. The maximum absolute atomic E-state index is 2.67. The molecule has 0 saturated heterocycles. The molecule has 0 saturated carbocycles. The summed E-state index contributed by atoms with van der Waals surface area (Å²) in [5.41, 5.74) is 24.0. The van der Waals surface area contributed by atoms with Gasteiger partial charge in [-0.15, -0.1) is 0 Å². The topological polar surface area (TPSA) is 12.1 Å². The van der Waals surface area contributed by atoms with Crippen LogP contribution >= 0.6 is 0 Å². The van der Waals surface area contributed by atoms with Gasteiger partial charge in [0, 0.05) is 54.5 Å². The number of benzene rings is 9. The standard InChI is InChI=1S/C66H55N3/c1-38(2)57-61-51-34-29-46(37-53(44-25-17-40(5)18-26-44)45-27-19-41(6)20-28-45)59-49-13-9-11-15-54(49)68(63(51)59)65(61)58(39(3)4)62-52-35-36-56(60-50-14-10-12-16-55(50)69(64(52)60)66(57)62)67(47-30-21-42(7)22-31-47)48-32-23-43(8)24-33-48/h9-39H,1-8H3. The predicted octanol–water partition coefficient (Wildman–Crippen LogP) is 18.5. The van der Waals surface area contributed by atoms with Gasteiger partial charge in [0.1, 0.15) is 0 Å². The molecule has 0 fully saturated rings. The summed E-state index contributed by atoms with van der Waals surface area (Å²) in [5, 5.41) is 10.6. The fraction of sp³-hybridized carbons (Fsp3) is 0.152. The number of aromatic nitrogens is 2. The summed E-state index contributed by atoms with van der Waals surface area (Å²) in [6.45, 7) is 18.3. The van der Waals surface area contributed by atoms with E-state index >= 15 is 0 Å². The molecule has 0 unspecified atom stereocenters. The van der Waals surface area contributed by atoms with Gasteiger partial charge in [0.05, 0.1) is 38.8 Å². The van der Waals surface area contributed by atoms with E-state index in [0.717, 1.165) is 11.4 Å². The number of para-hydroxylation sites is 2. The van der Waals surface area contributed by atoms with Crippen LogP contribution in [0.25, 0.3) is 87.8 Å². The van der Waals surface area contributed by atoms with Gasteiger partial charge < -0.3 is 13.7 Å². The van der Waals surface area contributed by atoms with Crippen molar-refractivity contribution in [1.29, 1.82) is 0 Å². The van der Waals surface area contributed by atoms with Gasteiger partial charge in [-0.1, -0.05) is 177 Å². The lowest BCUT2D eigenvalue weighted by molar-refractivity contribution is 0.869. The Morgan fingerprint density at radius 1 is 0.391 bits per heavy atom. The molecule has 0 aliphatic rings. The highest BCUT2D eigenvalue weighted by Crippen LogP contribution is 2.54. The molecular formula is C66H55N3. The van der Waals surface area contributed by atoms with Crippen LogP contribution in [0, 0.1) is 27.7 Å². The van der Waals surface area contributed by atoms with E-state index in [1.807, 2.05) is 0 Å². The zero-order chi connectivity index (χ0) is 47.0. The van der Waals surface area contributed by atoms with E-state index in [2.05, 4.69) is 245 Å². The zero-order valence-corrected chi connectivity index (χ0v) is 40.7. The van der Waals surface area contributed by atoms with Crippen molar-refractivity contribution in [1.82, 2.24) is 8.80 Å². The third-order valence-corrected chi connectivity index (χ3v) is 15.2. The Hall–Kier alpha value is -7.88. The molecule has 0 spiro atoms. The molecule has 0 atom stereocenters. The number of hydrogen-bond donors (Lipinski definition) is 0. The van der Waals surface area contributed by atoms with Gasteiger partial charge in [-0.2, -0.15) is 0 Å². The summed E-state index contributed by atoms with van der Waals surface area (Å²) in [6, 6.07) is 64.0. The summed E-state index contributed by atoms with van der Waals surface area (Å²) in [7, 11) is 0. The van der Waals surface area contributed by atoms with Crippen molar-refractivity contribution in [2.75, 3.05) is 4.90 Å². The van der Waals surface area contributed by atoms with Crippen LogP contribution in [-0.2, 0) is 0 Å². The summed E-state index contributed by atoms with van der Waals surface area (Å²) >= 11 is 0. The van der Waals surface area contributed by atoms with E-state index in [4.69, 9.17) is 0 Å². The Balaban J connectivity index is 1.19. The molecule has 0 N–H and O–H groups in total. The lowest BCUT2D eigenvalue weighted by Gasteiger charge is -2.27. The molecule has 334 valence electrons. The molecule has 0 amide bonds. The first-order chi connectivity index (χ1) is 33.6. The molecule has 3 nitrogen and oxygen atoms in total. The van der Waals surface area contributed by atoms with E-state index in [0.29, 0.717) is 0 Å². The van der Waals surface area contributed by atoms with Crippen LogP contribution in [0.15, 0.2) is 170 Å². The molecule has 0 radical (unpaired) electrons. The minimum atomic E-state index is 0.232. The molecule has 13 rings (SSSR count). The fourth-order valence-corrected chi connectivity index (χ4v) is 12.0. The quantitative estimate of drug-likeness (QED) is 0.138. The monoisotopic (exact) mass is 889 g/mol. The second-order valence-corrected chi connectivity index (χ2v) is 20.4. The maximum atomic E-state index is 2.67. The van der Waals surface area contributed by atoms with Crippen molar-refractivity contribution < 1.29 is 0 Å². The Kier molecular flexibility index (Phi) is 9.17. The van der Waals surface area contributed by atoms with Crippen LogP contribution in [0.2, 0.25) is 0 Å². The minimum absolute atomic E-state index is 0.232. The van der Waals surface area contributed by atoms with E-state index in [-0.39, 0.29) is 11.8 Å². The van der Waals surface area contributed by atoms with Crippen molar-refractivity contribution in [3.05, 3.63) is 220 Å². The largest absolute Gasteiger partial charge is 0.310 e. The van der Waals surface area contributed by atoms with E-state index in [1.165, 1.54) is 138 Å². The number of rotatable bonds is 8. The van der Waals surface area contributed by atoms with Gasteiger partial charge in [0.15, 0.2) is 0 Å². The van der Waals surface area contributed by atoms with E-state index in [1.54, 1.807) is 0 Å². The average Bonchev–Trinajstić information content (AvgIpc) is 4.09. The summed E-state index contributed by atoms with van der Waals surface area (Å²) < 4.78 is 5.33. The lowest BCUT2D eigenvalue weighted by Crippen LogP contribution is -2.10. The van der Waals surface area contributed by atoms with E-state index in [9.17, 15) is 0 Å². The average molecular weight is 890 g/mol. The van der Waals surface area contributed by atoms with Gasteiger partial charge >= 0.3 is 0 Å². The second kappa shape index (κ2) is 15.3. The van der Waals surface area contributed by atoms with Crippen LogP contribution < -0.4 is 4.90 Å². The van der Waals surface area contributed by atoms with Gasteiger partial charge in [-0.3, -0.25) is 0 Å². The highest BCUT2D eigenvalue weighted by Gasteiger charge is 2.32. The first-order valence-electron chi connectivity index (χ1n) is 24.7. The molecule has 0 bridgehead atoms. The van der Waals surface area contributed by atoms with Crippen molar-refractivity contribution in [2.45, 2.75) is 67.2 Å². The summed E-state index contributed by atoms with van der Waals surface area (Å²) in [4.78, 5) is 2.47. The van der Waals surface area contributed by atoms with Crippen molar-refractivity contribution in [3.63, 3.8) is 0 Å².